The van der Waals surface area contributed by atoms with E-state index in [2.05, 4.69) is 20.9 Å². The lowest BCUT2D eigenvalue weighted by atomic mass is 10.5. The molecule has 2 N–H and O–H groups in total. The minimum absolute atomic E-state index is 0.297. The average Bonchev–Trinajstić information content (AvgIpc) is 1.82. The summed E-state index contributed by atoms with van der Waals surface area (Å²) in [6.45, 7) is 0. The minimum Gasteiger partial charge on any atom is -0.383 e. The molecule has 1 aromatic rings. The molecule has 1 rings (SSSR count). The van der Waals surface area contributed by atoms with Gasteiger partial charge in [-0.3, -0.25) is 0 Å². The lowest BCUT2D eigenvalue weighted by Gasteiger charge is -1.98. The van der Waals surface area contributed by atoms with E-state index in [0.29, 0.717) is 20.5 Å². The summed E-state index contributed by atoms with van der Waals surface area (Å²) in [4.78, 5) is 3.75. The van der Waals surface area contributed by atoms with Crippen molar-refractivity contribution in [3.63, 3.8) is 0 Å². The van der Waals surface area contributed by atoms with Gasteiger partial charge in [-0.05, 0) is 22.0 Å². The summed E-state index contributed by atoms with van der Waals surface area (Å²) in [7, 11) is 0. The van der Waals surface area contributed by atoms with Crippen LogP contribution >= 0.6 is 39.1 Å². The van der Waals surface area contributed by atoms with Crippen molar-refractivity contribution in [2.75, 3.05) is 5.73 Å². The summed E-state index contributed by atoms with van der Waals surface area (Å²) in [6.07, 6.45) is 0. The summed E-state index contributed by atoms with van der Waals surface area (Å²) in [5.74, 6) is 0.303. The lowest BCUT2D eigenvalue weighted by Crippen LogP contribution is -1.91. The van der Waals surface area contributed by atoms with E-state index < -0.39 is 0 Å². The number of aromatic nitrogens is 1. The first kappa shape index (κ1) is 8.11. The van der Waals surface area contributed by atoms with E-state index in [1.165, 1.54) is 6.07 Å². The molecule has 0 fully saturated rings. The second-order valence-electron chi connectivity index (χ2n) is 1.63. The number of nitrogen functional groups attached to an aromatic ring is 1. The molecule has 0 unspecified atom stereocenters. The zero-order valence-corrected chi connectivity index (χ0v) is 7.83. The minimum atomic E-state index is 0.297. The van der Waals surface area contributed by atoms with Crippen LogP contribution in [0.3, 0.4) is 0 Å². The number of halogens is 3. The van der Waals surface area contributed by atoms with Crippen LogP contribution in [-0.2, 0) is 0 Å². The van der Waals surface area contributed by atoms with Gasteiger partial charge in [0.2, 0.25) is 0 Å². The maximum atomic E-state index is 5.67. The summed E-state index contributed by atoms with van der Waals surface area (Å²) in [6, 6.07) is 1.52. The number of hydrogen-bond donors (Lipinski definition) is 1. The van der Waals surface area contributed by atoms with E-state index >= 15 is 0 Å². The fraction of sp³-hybridized carbons (Fsp3) is 0. The third-order valence-electron chi connectivity index (χ3n) is 0.908. The van der Waals surface area contributed by atoms with E-state index in [-0.39, 0.29) is 0 Å². The molecule has 54 valence electrons. The highest BCUT2D eigenvalue weighted by Gasteiger charge is 2.03. The smallest absolute Gasteiger partial charge is 0.141 e. The SMILES string of the molecule is Nc1nc(Cl)cc(Cl)c1Br. The van der Waals surface area contributed by atoms with Gasteiger partial charge in [0.25, 0.3) is 0 Å². The Morgan fingerprint density at radius 2 is 2.10 bits per heavy atom. The van der Waals surface area contributed by atoms with Crippen LogP contribution in [-0.4, -0.2) is 4.98 Å². The Bertz CT molecular complexity index is 241. The molecule has 2 nitrogen and oxygen atoms in total. The molecule has 0 spiro atoms. The van der Waals surface area contributed by atoms with Gasteiger partial charge in [-0.15, -0.1) is 0 Å². The molecule has 0 aliphatic heterocycles. The van der Waals surface area contributed by atoms with Crippen molar-refractivity contribution >= 4 is 44.9 Å². The number of hydrogen-bond acceptors (Lipinski definition) is 2. The molecule has 1 heterocycles. The molecule has 0 aliphatic rings. The van der Waals surface area contributed by atoms with E-state index in [0.717, 1.165) is 0 Å². The first-order valence-electron chi connectivity index (χ1n) is 2.38. The summed E-state index contributed by atoms with van der Waals surface area (Å²) in [5, 5.41) is 0.767. The highest BCUT2D eigenvalue weighted by molar-refractivity contribution is 9.10. The van der Waals surface area contributed by atoms with Crippen molar-refractivity contribution in [3.05, 3.63) is 20.7 Å². The van der Waals surface area contributed by atoms with E-state index in [9.17, 15) is 0 Å². The molecular formula is C5H3BrCl2N2. The maximum Gasteiger partial charge on any atom is 0.141 e. The Kier molecular flexibility index (Phi) is 2.39. The molecule has 0 radical (unpaired) electrons. The van der Waals surface area contributed by atoms with Crippen molar-refractivity contribution in [1.82, 2.24) is 4.98 Å². The van der Waals surface area contributed by atoms with Crippen LogP contribution < -0.4 is 5.73 Å². The number of rotatable bonds is 0. The lowest BCUT2D eigenvalue weighted by molar-refractivity contribution is 1.32. The molecule has 0 aliphatic carbocycles. The third kappa shape index (κ3) is 1.54. The zero-order valence-electron chi connectivity index (χ0n) is 4.74. The van der Waals surface area contributed by atoms with Gasteiger partial charge in [0.15, 0.2) is 0 Å². The van der Waals surface area contributed by atoms with Crippen LogP contribution in [0.15, 0.2) is 10.5 Å². The second kappa shape index (κ2) is 2.95. The third-order valence-corrected chi connectivity index (χ3v) is 2.46. The molecule has 0 aromatic carbocycles. The largest absolute Gasteiger partial charge is 0.383 e. The summed E-state index contributed by atoms with van der Waals surface area (Å²) < 4.78 is 0.582. The van der Waals surface area contributed by atoms with E-state index in [4.69, 9.17) is 28.9 Å². The van der Waals surface area contributed by atoms with Crippen molar-refractivity contribution in [3.8, 4) is 0 Å². The van der Waals surface area contributed by atoms with Gasteiger partial charge in [-0.1, -0.05) is 23.2 Å². The molecule has 0 amide bonds. The summed E-state index contributed by atoms with van der Waals surface area (Å²) in [5.41, 5.74) is 5.39. The normalized spacial score (nSPS) is 9.90. The summed E-state index contributed by atoms with van der Waals surface area (Å²) >= 11 is 14.3. The van der Waals surface area contributed by atoms with E-state index in [1.54, 1.807) is 0 Å². The molecule has 0 saturated carbocycles. The monoisotopic (exact) mass is 240 g/mol. The molecular weight excluding hydrogens is 239 g/mol. The molecule has 0 saturated heterocycles. The topological polar surface area (TPSA) is 38.9 Å². The quantitative estimate of drug-likeness (QED) is 0.710. The Morgan fingerprint density at radius 1 is 1.50 bits per heavy atom. The Balaban J connectivity index is 3.31. The van der Waals surface area contributed by atoms with Gasteiger partial charge in [0.1, 0.15) is 11.0 Å². The van der Waals surface area contributed by atoms with Crippen molar-refractivity contribution in [2.24, 2.45) is 0 Å². The number of anilines is 1. The Labute approximate surface area is 76.5 Å². The fourth-order valence-corrected chi connectivity index (χ4v) is 1.15. The van der Waals surface area contributed by atoms with Crippen LogP contribution in [0.5, 0.6) is 0 Å². The standard InChI is InChI=1S/C5H3BrCl2N2/c6-4-2(7)1-3(8)10-5(4)9/h1H,(H2,9,10). The van der Waals surface area contributed by atoms with Gasteiger partial charge in [-0.2, -0.15) is 0 Å². The highest BCUT2D eigenvalue weighted by atomic mass is 79.9. The van der Waals surface area contributed by atoms with Crippen LogP contribution in [0.1, 0.15) is 0 Å². The molecule has 10 heavy (non-hydrogen) atoms. The van der Waals surface area contributed by atoms with Crippen molar-refractivity contribution in [1.29, 1.82) is 0 Å². The van der Waals surface area contributed by atoms with Gasteiger partial charge in [0.05, 0.1) is 9.50 Å². The fourth-order valence-electron chi connectivity index (χ4n) is 0.487. The second-order valence-corrected chi connectivity index (χ2v) is 3.21. The van der Waals surface area contributed by atoms with Gasteiger partial charge < -0.3 is 5.73 Å². The first-order valence-corrected chi connectivity index (χ1v) is 3.93. The Hall–Kier alpha value is 0.01000. The van der Waals surface area contributed by atoms with Crippen molar-refractivity contribution in [2.45, 2.75) is 0 Å². The number of nitrogens with two attached hydrogens (primary N) is 1. The van der Waals surface area contributed by atoms with Crippen LogP contribution in [0, 0.1) is 0 Å². The van der Waals surface area contributed by atoms with Crippen LogP contribution in [0.4, 0.5) is 5.82 Å². The number of nitrogens with zero attached hydrogens (tertiary/aromatic N) is 1. The zero-order chi connectivity index (χ0) is 7.72. The predicted octanol–water partition coefficient (Wildman–Crippen LogP) is 2.73. The van der Waals surface area contributed by atoms with Crippen LogP contribution in [0.2, 0.25) is 10.2 Å². The first-order chi connectivity index (χ1) is 4.61. The predicted molar refractivity (Wildman–Crippen MR) is 46.4 cm³/mol. The van der Waals surface area contributed by atoms with Crippen LogP contribution in [0.25, 0.3) is 0 Å². The average molecular weight is 242 g/mol. The van der Waals surface area contributed by atoms with E-state index in [1.807, 2.05) is 0 Å². The molecule has 0 bridgehead atoms. The van der Waals surface area contributed by atoms with Gasteiger partial charge in [-0.25, -0.2) is 4.98 Å². The molecule has 0 atom stereocenters. The van der Waals surface area contributed by atoms with Gasteiger partial charge in [0, 0.05) is 0 Å². The number of pyridine rings is 1. The Morgan fingerprint density at radius 3 is 2.60 bits per heavy atom. The van der Waals surface area contributed by atoms with Crippen molar-refractivity contribution < 1.29 is 0 Å². The maximum absolute atomic E-state index is 5.67. The molecule has 5 heteroatoms. The highest BCUT2D eigenvalue weighted by Crippen LogP contribution is 2.28. The molecule has 1 aromatic heterocycles. The van der Waals surface area contributed by atoms with Gasteiger partial charge >= 0.3 is 0 Å².